The van der Waals surface area contributed by atoms with Crippen LogP contribution in [-0.4, -0.2) is 27.9 Å². The number of carbonyl (C=O) groups is 3. The molecule has 2 aromatic heterocycles. The van der Waals surface area contributed by atoms with Crippen molar-refractivity contribution in [3.8, 4) is 0 Å². The first-order valence-electron chi connectivity index (χ1n) is 7.58. The lowest BCUT2D eigenvalue weighted by Gasteiger charge is -2.18. The summed E-state index contributed by atoms with van der Waals surface area (Å²) in [6, 6.07) is 2.93. The predicted molar refractivity (Wildman–Crippen MR) is 95.9 cm³/mol. The summed E-state index contributed by atoms with van der Waals surface area (Å²) in [4.78, 5) is 40.1. The van der Waals surface area contributed by atoms with E-state index in [0.29, 0.717) is 10.7 Å². The van der Waals surface area contributed by atoms with Crippen LogP contribution in [0.5, 0.6) is 0 Å². The number of aromatic nitrogens is 1. The second-order valence-electron chi connectivity index (χ2n) is 5.53. The third-order valence-electron chi connectivity index (χ3n) is 3.41. The molecular formula is C16H19N3O4S2. The first-order chi connectivity index (χ1) is 11.8. The molecule has 2 atom stereocenters. The fraction of sp³-hybridized carbons (Fsp3) is 0.375. The van der Waals surface area contributed by atoms with Crippen LogP contribution in [0.1, 0.15) is 57.6 Å². The van der Waals surface area contributed by atoms with Gasteiger partial charge in [0.2, 0.25) is 11.8 Å². The van der Waals surface area contributed by atoms with Crippen LogP contribution in [0.15, 0.2) is 17.5 Å². The summed E-state index contributed by atoms with van der Waals surface area (Å²) in [6.45, 7) is 4.79. The van der Waals surface area contributed by atoms with Crippen LogP contribution >= 0.6 is 22.7 Å². The number of carboxylic acid groups (broad SMARTS) is 1. The largest absolute Gasteiger partial charge is 0.477 e. The third kappa shape index (κ3) is 5.10. The lowest BCUT2D eigenvalue weighted by atomic mass is 10.1. The Bertz CT molecular complexity index is 770. The van der Waals surface area contributed by atoms with E-state index in [-0.39, 0.29) is 23.1 Å². The zero-order valence-electron chi connectivity index (χ0n) is 14.0. The van der Waals surface area contributed by atoms with Gasteiger partial charge in [-0.05, 0) is 25.3 Å². The van der Waals surface area contributed by atoms with Crippen LogP contribution in [0.3, 0.4) is 0 Å². The maximum atomic E-state index is 12.3. The number of carboxylic acids is 1. The second kappa shape index (κ2) is 8.21. The van der Waals surface area contributed by atoms with E-state index < -0.39 is 18.1 Å². The molecule has 0 saturated heterocycles. The van der Waals surface area contributed by atoms with Gasteiger partial charge in [0.25, 0.3) is 0 Å². The Morgan fingerprint density at radius 3 is 2.56 bits per heavy atom. The summed E-state index contributed by atoms with van der Waals surface area (Å²) >= 11 is 2.52. The Kier molecular flexibility index (Phi) is 6.27. The number of nitrogens with zero attached hydrogens (tertiary/aromatic N) is 1. The summed E-state index contributed by atoms with van der Waals surface area (Å²) in [5.41, 5.74) is 0.434. The number of aryl methyl sites for hydroxylation is 1. The minimum Gasteiger partial charge on any atom is -0.477 e. The molecule has 0 bridgehead atoms. The van der Waals surface area contributed by atoms with Crippen molar-refractivity contribution in [3.05, 3.63) is 38.0 Å². The van der Waals surface area contributed by atoms with E-state index in [2.05, 4.69) is 15.6 Å². The maximum Gasteiger partial charge on any atom is 0.347 e. The van der Waals surface area contributed by atoms with Crippen LogP contribution in [0.2, 0.25) is 0 Å². The highest BCUT2D eigenvalue weighted by Crippen LogP contribution is 2.25. The fourth-order valence-electron chi connectivity index (χ4n) is 2.31. The van der Waals surface area contributed by atoms with Crippen molar-refractivity contribution < 1.29 is 19.5 Å². The molecule has 0 fully saturated rings. The molecule has 9 heteroatoms. The van der Waals surface area contributed by atoms with Gasteiger partial charge in [0.1, 0.15) is 9.88 Å². The fourth-order valence-corrected chi connectivity index (χ4v) is 3.99. The zero-order valence-corrected chi connectivity index (χ0v) is 15.7. The highest BCUT2D eigenvalue weighted by Gasteiger charge is 2.22. The molecule has 134 valence electrons. The Balaban J connectivity index is 2.03. The highest BCUT2D eigenvalue weighted by atomic mass is 32.1. The Labute approximate surface area is 153 Å². The molecule has 0 spiro atoms. The molecule has 0 saturated carbocycles. The average molecular weight is 381 g/mol. The first-order valence-corrected chi connectivity index (χ1v) is 9.28. The van der Waals surface area contributed by atoms with Gasteiger partial charge in [-0.1, -0.05) is 6.07 Å². The third-order valence-corrected chi connectivity index (χ3v) is 5.72. The molecule has 2 aromatic rings. The topological polar surface area (TPSA) is 108 Å². The van der Waals surface area contributed by atoms with Crippen LogP contribution < -0.4 is 10.6 Å². The van der Waals surface area contributed by atoms with E-state index in [1.165, 1.54) is 18.3 Å². The SMILES string of the molecule is CC(=O)NC(CC(=O)NC(C)c1nc(C)c(C(=O)O)s1)c1cccs1. The van der Waals surface area contributed by atoms with Gasteiger partial charge in [-0.25, -0.2) is 9.78 Å². The van der Waals surface area contributed by atoms with Crippen LogP contribution in [0.4, 0.5) is 0 Å². The van der Waals surface area contributed by atoms with E-state index in [1.807, 2.05) is 17.5 Å². The summed E-state index contributed by atoms with van der Waals surface area (Å²) in [7, 11) is 0. The summed E-state index contributed by atoms with van der Waals surface area (Å²) < 4.78 is 0. The van der Waals surface area contributed by atoms with E-state index in [4.69, 9.17) is 5.11 Å². The van der Waals surface area contributed by atoms with Crippen molar-refractivity contribution in [1.82, 2.24) is 15.6 Å². The van der Waals surface area contributed by atoms with Gasteiger partial charge >= 0.3 is 5.97 Å². The molecule has 0 radical (unpaired) electrons. The zero-order chi connectivity index (χ0) is 18.6. The van der Waals surface area contributed by atoms with Crippen molar-refractivity contribution in [3.63, 3.8) is 0 Å². The number of hydrogen-bond donors (Lipinski definition) is 3. The number of hydrogen-bond acceptors (Lipinski definition) is 6. The van der Waals surface area contributed by atoms with Gasteiger partial charge in [0, 0.05) is 11.8 Å². The molecule has 25 heavy (non-hydrogen) atoms. The predicted octanol–water partition coefficient (Wildman–Crippen LogP) is 2.66. The first kappa shape index (κ1) is 19.1. The molecule has 2 heterocycles. The molecule has 0 aliphatic carbocycles. The molecule has 2 amide bonds. The lowest BCUT2D eigenvalue weighted by molar-refractivity contribution is -0.123. The maximum absolute atomic E-state index is 12.3. The number of nitrogens with one attached hydrogen (secondary N) is 2. The second-order valence-corrected chi connectivity index (χ2v) is 7.54. The molecule has 0 aliphatic heterocycles. The lowest BCUT2D eigenvalue weighted by Crippen LogP contribution is -2.33. The van der Waals surface area contributed by atoms with E-state index in [1.54, 1.807) is 13.8 Å². The van der Waals surface area contributed by atoms with Crippen molar-refractivity contribution >= 4 is 40.5 Å². The van der Waals surface area contributed by atoms with Crippen molar-refractivity contribution in [1.29, 1.82) is 0 Å². The Hall–Kier alpha value is -2.26. The molecule has 0 aliphatic rings. The van der Waals surface area contributed by atoms with Crippen molar-refractivity contribution in [2.75, 3.05) is 0 Å². The normalized spacial score (nSPS) is 13.1. The van der Waals surface area contributed by atoms with Gasteiger partial charge in [0.05, 0.1) is 24.2 Å². The smallest absolute Gasteiger partial charge is 0.347 e. The standard InChI is InChI=1S/C16H19N3O4S2/c1-8-14(16(22)23)25-15(18-8)9(2)17-13(21)7-11(19-10(3)20)12-5-4-6-24-12/h4-6,9,11H,7H2,1-3H3,(H,17,21)(H,19,20)(H,22,23). The van der Waals surface area contributed by atoms with Gasteiger partial charge in [0.15, 0.2) is 0 Å². The Morgan fingerprint density at radius 2 is 2.04 bits per heavy atom. The molecule has 2 rings (SSSR count). The van der Waals surface area contributed by atoms with Crippen molar-refractivity contribution in [2.24, 2.45) is 0 Å². The number of carbonyl (C=O) groups excluding carboxylic acids is 2. The van der Waals surface area contributed by atoms with Gasteiger partial charge in [-0.2, -0.15) is 0 Å². The number of aromatic carboxylic acids is 1. The van der Waals surface area contributed by atoms with Crippen LogP contribution in [-0.2, 0) is 9.59 Å². The van der Waals surface area contributed by atoms with E-state index in [9.17, 15) is 14.4 Å². The molecule has 2 unspecified atom stereocenters. The summed E-state index contributed by atoms with van der Waals surface area (Å²) in [6.07, 6.45) is 0.0978. The highest BCUT2D eigenvalue weighted by molar-refractivity contribution is 7.13. The van der Waals surface area contributed by atoms with Gasteiger partial charge < -0.3 is 15.7 Å². The van der Waals surface area contributed by atoms with E-state index in [0.717, 1.165) is 16.2 Å². The van der Waals surface area contributed by atoms with Gasteiger partial charge in [-0.15, -0.1) is 22.7 Å². The molecular weight excluding hydrogens is 362 g/mol. The molecule has 7 nitrogen and oxygen atoms in total. The quantitative estimate of drug-likeness (QED) is 0.683. The Morgan fingerprint density at radius 1 is 1.32 bits per heavy atom. The van der Waals surface area contributed by atoms with Gasteiger partial charge in [-0.3, -0.25) is 9.59 Å². The number of thiazole rings is 1. The molecule has 0 aromatic carbocycles. The van der Waals surface area contributed by atoms with E-state index >= 15 is 0 Å². The summed E-state index contributed by atoms with van der Waals surface area (Å²) in [5, 5.41) is 17.1. The number of rotatable bonds is 7. The minimum absolute atomic E-state index is 0.0978. The van der Waals surface area contributed by atoms with Crippen LogP contribution in [0, 0.1) is 6.92 Å². The van der Waals surface area contributed by atoms with Crippen LogP contribution in [0.25, 0.3) is 0 Å². The molecule has 3 N–H and O–H groups in total. The monoisotopic (exact) mass is 381 g/mol. The summed E-state index contributed by atoms with van der Waals surface area (Å²) in [5.74, 6) is -1.48. The minimum atomic E-state index is -1.02. The van der Waals surface area contributed by atoms with Crippen molar-refractivity contribution in [2.45, 2.75) is 39.3 Å². The average Bonchev–Trinajstić information content (AvgIpc) is 3.15. The number of amides is 2. The number of thiophene rings is 1.